The van der Waals surface area contributed by atoms with Crippen LogP contribution in [0.2, 0.25) is 0 Å². The van der Waals surface area contributed by atoms with Crippen molar-refractivity contribution >= 4 is 11.3 Å². The first-order valence-corrected chi connectivity index (χ1v) is 8.06. The highest BCUT2D eigenvalue weighted by Gasteiger charge is 2.11. The Balaban J connectivity index is 2.02. The van der Waals surface area contributed by atoms with Gasteiger partial charge < -0.3 is 5.32 Å². The largest absolute Gasteiger partial charge is 0.305 e. The fourth-order valence-corrected chi connectivity index (χ4v) is 3.27. The zero-order valence-electron chi connectivity index (χ0n) is 11.9. The Hall–Kier alpha value is -1.12. The van der Waals surface area contributed by atoms with Crippen LogP contribution in [0.15, 0.2) is 41.8 Å². The second-order valence-corrected chi connectivity index (χ2v) is 5.84. The average molecular weight is 273 g/mol. The van der Waals surface area contributed by atoms with E-state index in [9.17, 15) is 0 Å². The van der Waals surface area contributed by atoms with Crippen LogP contribution in [-0.4, -0.2) is 0 Å². The van der Waals surface area contributed by atoms with E-state index in [-0.39, 0.29) is 0 Å². The molecule has 1 N–H and O–H groups in total. The van der Waals surface area contributed by atoms with Crippen molar-refractivity contribution in [2.24, 2.45) is 0 Å². The Kier molecular flexibility index (Phi) is 5.62. The van der Waals surface area contributed by atoms with Crippen molar-refractivity contribution in [2.45, 2.75) is 45.7 Å². The molecular formula is C17H23NS. The molecule has 0 saturated heterocycles. The molecule has 0 aliphatic heterocycles. The summed E-state index contributed by atoms with van der Waals surface area (Å²) in [6.45, 7) is 5.44. The summed E-state index contributed by atoms with van der Waals surface area (Å²) < 4.78 is 0. The predicted molar refractivity (Wildman–Crippen MR) is 84.6 cm³/mol. The van der Waals surface area contributed by atoms with Gasteiger partial charge in [0.25, 0.3) is 0 Å². The zero-order valence-corrected chi connectivity index (χ0v) is 12.7. The van der Waals surface area contributed by atoms with Gasteiger partial charge in [-0.1, -0.05) is 50.6 Å². The summed E-state index contributed by atoms with van der Waals surface area (Å²) in [5.74, 6) is 0. The van der Waals surface area contributed by atoms with Crippen LogP contribution < -0.4 is 5.32 Å². The van der Waals surface area contributed by atoms with Crippen LogP contribution in [0.5, 0.6) is 0 Å². The summed E-state index contributed by atoms with van der Waals surface area (Å²) in [5.41, 5.74) is 2.89. The molecule has 0 radical (unpaired) electrons. The highest BCUT2D eigenvalue weighted by molar-refractivity contribution is 7.10. The highest BCUT2D eigenvalue weighted by atomic mass is 32.1. The molecule has 1 nitrogen and oxygen atoms in total. The van der Waals surface area contributed by atoms with Gasteiger partial charge in [0.05, 0.1) is 0 Å². The molecule has 0 amide bonds. The quantitative estimate of drug-likeness (QED) is 0.753. The molecule has 0 spiro atoms. The summed E-state index contributed by atoms with van der Waals surface area (Å²) in [6.07, 6.45) is 3.52. The van der Waals surface area contributed by atoms with Gasteiger partial charge in [0.2, 0.25) is 0 Å². The predicted octanol–water partition coefficient (Wildman–Crippen LogP) is 4.94. The van der Waals surface area contributed by atoms with E-state index in [4.69, 9.17) is 0 Å². The monoisotopic (exact) mass is 273 g/mol. The maximum Gasteiger partial charge on any atom is 0.0417 e. The lowest BCUT2D eigenvalue weighted by atomic mass is 10.0. The number of rotatable bonds is 7. The second kappa shape index (κ2) is 7.46. The van der Waals surface area contributed by atoms with E-state index in [1.54, 1.807) is 0 Å². The van der Waals surface area contributed by atoms with Crippen LogP contribution in [0.1, 0.15) is 48.7 Å². The molecule has 2 rings (SSSR count). The Morgan fingerprint density at radius 3 is 2.47 bits per heavy atom. The van der Waals surface area contributed by atoms with Gasteiger partial charge in [-0.05, 0) is 35.4 Å². The van der Waals surface area contributed by atoms with Crippen molar-refractivity contribution in [1.29, 1.82) is 0 Å². The van der Waals surface area contributed by atoms with Crippen LogP contribution in [0.3, 0.4) is 0 Å². The van der Waals surface area contributed by atoms with E-state index >= 15 is 0 Å². The number of benzene rings is 1. The molecule has 1 unspecified atom stereocenters. The summed E-state index contributed by atoms with van der Waals surface area (Å²) in [6, 6.07) is 13.6. The third-order valence-corrected chi connectivity index (χ3v) is 4.49. The minimum absolute atomic E-state index is 0.495. The molecule has 1 aromatic carbocycles. The van der Waals surface area contributed by atoms with Crippen LogP contribution in [0.4, 0.5) is 0 Å². The van der Waals surface area contributed by atoms with Gasteiger partial charge in [0.1, 0.15) is 0 Å². The minimum Gasteiger partial charge on any atom is -0.305 e. The van der Waals surface area contributed by atoms with Gasteiger partial charge in [0.15, 0.2) is 0 Å². The van der Waals surface area contributed by atoms with Crippen molar-refractivity contribution < 1.29 is 0 Å². The van der Waals surface area contributed by atoms with Crippen molar-refractivity contribution in [2.75, 3.05) is 0 Å². The van der Waals surface area contributed by atoms with E-state index in [2.05, 4.69) is 60.9 Å². The third kappa shape index (κ3) is 3.92. The number of aryl methyl sites for hydroxylation is 1. The van der Waals surface area contributed by atoms with Crippen LogP contribution in [0, 0.1) is 0 Å². The first kappa shape index (κ1) is 14.3. The van der Waals surface area contributed by atoms with E-state index in [0.29, 0.717) is 6.04 Å². The molecule has 0 bridgehead atoms. The Bertz CT molecular complexity index is 476. The van der Waals surface area contributed by atoms with Gasteiger partial charge >= 0.3 is 0 Å². The maximum atomic E-state index is 3.72. The molecule has 1 heterocycles. The molecule has 2 heteroatoms. The number of nitrogens with one attached hydrogen (secondary N) is 1. The maximum absolute atomic E-state index is 3.72. The van der Waals surface area contributed by atoms with Gasteiger partial charge in [-0.3, -0.25) is 0 Å². The number of hydrogen-bond acceptors (Lipinski definition) is 2. The van der Waals surface area contributed by atoms with Gasteiger partial charge in [-0.25, -0.2) is 0 Å². The standard InChI is InChI=1S/C17H23NS/c1-3-8-16(17-11-7-12-19-17)18-13-15-10-6-5-9-14(15)4-2/h5-7,9-12,16,18H,3-4,8,13H2,1-2H3. The molecule has 102 valence electrons. The first-order chi connectivity index (χ1) is 9.35. The van der Waals surface area contributed by atoms with Crippen molar-refractivity contribution in [3.8, 4) is 0 Å². The highest BCUT2D eigenvalue weighted by Crippen LogP contribution is 2.24. The summed E-state index contributed by atoms with van der Waals surface area (Å²) in [5, 5.41) is 5.89. The topological polar surface area (TPSA) is 12.0 Å². The van der Waals surface area contributed by atoms with Crippen molar-refractivity contribution in [3.63, 3.8) is 0 Å². The lowest BCUT2D eigenvalue weighted by Crippen LogP contribution is -2.20. The summed E-state index contributed by atoms with van der Waals surface area (Å²) in [4.78, 5) is 1.45. The third-order valence-electron chi connectivity index (χ3n) is 3.50. The fraction of sp³-hybridized carbons (Fsp3) is 0.412. The van der Waals surface area contributed by atoms with E-state index in [0.717, 1.165) is 13.0 Å². The van der Waals surface area contributed by atoms with Crippen LogP contribution in [0.25, 0.3) is 0 Å². The van der Waals surface area contributed by atoms with E-state index in [1.165, 1.54) is 28.8 Å². The lowest BCUT2D eigenvalue weighted by molar-refractivity contribution is 0.499. The molecule has 0 aliphatic carbocycles. The second-order valence-electron chi connectivity index (χ2n) is 4.86. The van der Waals surface area contributed by atoms with Crippen molar-refractivity contribution in [1.82, 2.24) is 5.32 Å². The van der Waals surface area contributed by atoms with Crippen molar-refractivity contribution in [3.05, 3.63) is 57.8 Å². The van der Waals surface area contributed by atoms with Gasteiger partial charge in [-0.2, -0.15) is 0 Å². The van der Waals surface area contributed by atoms with E-state index < -0.39 is 0 Å². The van der Waals surface area contributed by atoms with Gasteiger partial charge in [-0.15, -0.1) is 11.3 Å². The summed E-state index contributed by atoms with van der Waals surface area (Å²) in [7, 11) is 0. The zero-order chi connectivity index (χ0) is 13.5. The summed E-state index contributed by atoms with van der Waals surface area (Å²) >= 11 is 1.85. The molecule has 1 aromatic heterocycles. The molecule has 1 atom stereocenters. The first-order valence-electron chi connectivity index (χ1n) is 7.18. The smallest absolute Gasteiger partial charge is 0.0417 e. The van der Waals surface area contributed by atoms with Gasteiger partial charge in [0, 0.05) is 17.5 Å². The molecule has 0 fully saturated rings. The lowest BCUT2D eigenvalue weighted by Gasteiger charge is -2.18. The Morgan fingerprint density at radius 2 is 1.84 bits per heavy atom. The number of hydrogen-bond donors (Lipinski definition) is 1. The SMILES string of the molecule is CCCC(NCc1ccccc1CC)c1cccs1. The van der Waals surface area contributed by atoms with Crippen LogP contribution >= 0.6 is 11.3 Å². The molecule has 2 aromatic rings. The van der Waals surface area contributed by atoms with E-state index in [1.807, 2.05) is 11.3 Å². The molecule has 0 saturated carbocycles. The molecule has 0 aliphatic rings. The molecule has 19 heavy (non-hydrogen) atoms. The Labute approximate surface area is 120 Å². The minimum atomic E-state index is 0.495. The van der Waals surface area contributed by atoms with Crippen LogP contribution in [-0.2, 0) is 13.0 Å². The average Bonchev–Trinajstić information content (AvgIpc) is 2.97. The fourth-order valence-electron chi connectivity index (χ4n) is 2.43. The normalized spacial score (nSPS) is 12.5. The molecular weight excluding hydrogens is 250 g/mol. The Morgan fingerprint density at radius 1 is 1.05 bits per heavy atom. The number of thiophene rings is 1.